The van der Waals surface area contributed by atoms with Gasteiger partial charge in [-0.05, 0) is 56.6 Å². The second-order valence-corrected chi connectivity index (χ2v) is 6.31. The maximum atomic E-state index is 9.88. The Bertz CT molecular complexity index is 647. The summed E-state index contributed by atoms with van der Waals surface area (Å²) >= 11 is 0. The lowest BCUT2D eigenvalue weighted by Crippen LogP contribution is -2.28. The van der Waals surface area contributed by atoms with Gasteiger partial charge in [0.25, 0.3) is 0 Å². The van der Waals surface area contributed by atoms with E-state index in [1.165, 1.54) is 5.56 Å². The smallest absolute Gasteiger partial charge is 0.138 e. The molecule has 0 aromatic carbocycles. The van der Waals surface area contributed by atoms with Crippen molar-refractivity contribution in [2.24, 2.45) is 5.92 Å². The van der Waals surface area contributed by atoms with Crippen LogP contribution in [0.3, 0.4) is 0 Å². The summed E-state index contributed by atoms with van der Waals surface area (Å²) in [6.45, 7) is 4.53. The minimum Gasteiger partial charge on any atom is -0.506 e. The number of hydrogen-bond acceptors (Lipinski definition) is 5. The zero-order valence-electron chi connectivity index (χ0n) is 13.7. The van der Waals surface area contributed by atoms with Crippen molar-refractivity contribution in [1.29, 1.82) is 0 Å². The van der Waals surface area contributed by atoms with E-state index in [9.17, 15) is 5.11 Å². The number of aromatic hydroxyl groups is 1. The van der Waals surface area contributed by atoms with Crippen LogP contribution in [0.25, 0.3) is 0 Å². The highest BCUT2D eigenvalue weighted by atomic mass is 16.3. The highest BCUT2D eigenvalue weighted by Crippen LogP contribution is 2.35. The van der Waals surface area contributed by atoms with Crippen LogP contribution in [0.15, 0.2) is 36.7 Å². The summed E-state index contributed by atoms with van der Waals surface area (Å²) in [5.74, 6) is 0.798. The average molecular weight is 312 g/mol. The molecule has 0 unspecified atom stereocenters. The van der Waals surface area contributed by atoms with Crippen molar-refractivity contribution in [1.82, 2.24) is 20.2 Å². The summed E-state index contributed by atoms with van der Waals surface area (Å²) in [5.41, 5.74) is 2.92. The Labute approximate surface area is 137 Å². The van der Waals surface area contributed by atoms with E-state index in [1.807, 2.05) is 31.5 Å². The molecular formula is C18H24N4O. The predicted octanol–water partition coefficient (Wildman–Crippen LogP) is 2.27. The molecule has 1 fully saturated rings. The van der Waals surface area contributed by atoms with Crippen LogP contribution < -0.4 is 5.32 Å². The van der Waals surface area contributed by atoms with Gasteiger partial charge in [-0.2, -0.15) is 0 Å². The number of hydrogen-bond donors (Lipinski definition) is 2. The van der Waals surface area contributed by atoms with E-state index in [4.69, 9.17) is 0 Å². The average Bonchev–Trinajstić information content (AvgIpc) is 2.92. The molecule has 2 atom stereocenters. The van der Waals surface area contributed by atoms with Crippen LogP contribution in [0.2, 0.25) is 0 Å². The molecule has 1 aliphatic rings. The van der Waals surface area contributed by atoms with Crippen LogP contribution >= 0.6 is 0 Å². The summed E-state index contributed by atoms with van der Waals surface area (Å²) in [7, 11) is 2.17. The number of likely N-dealkylation sites (tertiary alicyclic amines) is 1. The Morgan fingerprint density at radius 2 is 2.22 bits per heavy atom. The number of aromatic nitrogens is 2. The first-order valence-corrected chi connectivity index (χ1v) is 8.11. The second-order valence-electron chi connectivity index (χ2n) is 6.31. The van der Waals surface area contributed by atoms with Gasteiger partial charge in [-0.25, -0.2) is 0 Å². The number of nitrogens with one attached hydrogen (secondary N) is 1. The third kappa shape index (κ3) is 3.68. The van der Waals surface area contributed by atoms with Gasteiger partial charge in [0.2, 0.25) is 0 Å². The first-order valence-electron chi connectivity index (χ1n) is 8.11. The molecular weight excluding hydrogens is 288 g/mol. The molecule has 0 aliphatic carbocycles. The standard InChI is InChI=1S/C18H24N4O/c1-13-5-6-17(23)16(21-13)12-20-11-15-7-9-22(2)18(15)14-4-3-8-19-10-14/h3-6,8,10,15,18,20,23H,7,9,11-12H2,1-2H3/t15-,18-/m0/s1. The number of nitrogens with zero attached hydrogens (tertiary/aromatic N) is 3. The van der Waals surface area contributed by atoms with Gasteiger partial charge in [-0.3, -0.25) is 14.9 Å². The fraction of sp³-hybridized carbons (Fsp3) is 0.444. The largest absolute Gasteiger partial charge is 0.506 e. The van der Waals surface area contributed by atoms with Crippen molar-refractivity contribution >= 4 is 0 Å². The Balaban J connectivity index is 1.62. The van der Waals surface area contributed by atoms with Crippen molar-refractivity contribution < 1.29 is 5.11 Å². The topological polar surface area (TPSA) is 61.3 Å². The van der Waals surface area contributed by atoms with Gasteiger partial charge in [0, 0.05) is 37.2 Å². The maximum Gasteiger partial charge on any atom is 0.138 e. The molecule has 0 bridgehead atoms. The summed E-state index contributed by atoms with van der Waals surface area (Å²) in [6, 6.07) is 8.08. The normalized spacial score (nSPS) is 21.7. The van der Waals surface area contributed by atoms with E-state index in [0.29, 0.717) is 24.2 Å². The van der Waals surface area contributed by atoms with Crippen molar-refractivity contribution in [3.63, 3.8) is 0 Å². The first kappa shape index (κ1) is 15.9. The zero-order valence-corrected chi connectivity index (χ0v) is 13.7. The van der Waals surface area contributed by atoms with Crippen LogP contribution in [-0.4, -0.2) is 40.1 Å². The minimum atomic E-state index is 0.260. The summed E-state index contributed by atoms with van der Waals surface area (Å²) in [5, 5.41) is 13.3. The van der Waals surface area contributed by atoms with Crippen molar-refractivity contribution in [2.45, 2.75) is 25.9 Å². The van der Waals surface area contributed by atoms with E-state index >= 15 is 0 Å². The van der Waals surface area contributed by atoms with Crippen LogP contribution in [0.4, 0.5) is 0 Å². The summed E-state index contributed by atoms with van der Waals surface area (Å²) in [4.78, 5) is 11.0. The van der Waals surface area contributed by atoms with Crippen molar-refractivity contribution in [2.75, 3.05) is 20.1 Å². The maximum absolute atomic E-state index is 9.88. The fourth-order valence-corrected chi connectivity index (χ4v) is 3.43. The first-order chi connectivity index (χ1) is 11.1. The SMILES string of the molecule is Cc1ccc(O)c(CNC[C@@H]2CCN(C)[C@H]2c2cccnc2)n1. The molecule has 5 nitrogen and oxygen atoms in total. The molecule has 3 rings (SSSR count). The Morgan fingerprint density at radius 3 is 3.00 bits per heavy atom. The van der Waals surface area contributed by atoms with Crippen LogP contribution in [0.5, 0.6) is 5.75 Å². The van der Waals surface area contributed by atoms with E-state index in [1.54, 1.807) is 6.07 Å². The highest BCUT2D eigenvalue weighted by Gasteiger charge is 2.32. The molecule has 2 aromatic rings. The van der Waals surface area contributed by atoms with Crippen molar-refractivity contribution in [3.05, 3.63) is 53.6 Å². The second kappa shape index (κ2) is 7.06. The molecule has 1 aliphatic heterocycles. The lowest BCUT2D eigenvalue weighted by molar-refractivity contribution is 0.271. The molecule has 5 heteroatoms. The Hall–Kier alpha value is -1.98. The fourth-order valence-electron chi connectivity index (χ4n) is 3.43. The summed E-state index contributed by atoms with van der Waals surface area (Å²) < 4.78 is 0. The molecule has 23 heavy (non-hydrogen) atoms. The third-order valence-corrected chi connectivity index (χ3v) is 4.59. The number of pyridine rings is 2. The lowest BCUT2D eigenvalue weighted by Gasteiger charge is -2.25. The van der Waals surface area contributed by atoms with Gasteiger partial charge in [0.1, 0.15) is 5.75 Å². The molecule has 1 saturated heterocycles. The van der Waals surface area contributed by atoms with E-state index < -0.39 is 0 Å². The minimum absolute atomic E-state index is 0.260. The van der Waals surface area contributed by atoms with Crippen LogP contribution in [-0.2, 0) is 6.54 Å². The quantitative estimate of drug-likeness (QED) is 0.887. The van der Waals surface area contributed by atoms with Gasteiger partial charge < -0.3 is 10.4 Å². The van der Waals surface area contributed by atoms with Gasteiger partial charge in [0.15, 0.2) is 0 Å². The number of rotatable bonds is 5. The molecule has 2 N–H and O–H groups in total. The van der Waals surface area contributed by atoms with Gasteiger partial charge in [-0.15, -0.1) is 0 Å². The summed E-state index contributed by atoms with van der Waals surface area (Å²) in [6.07, 6.45) is 4.95. The van der Waals surface area contributed by atoms with Crippen LogP contribution in [0.1, 0.15) is 29.4 Å². The van der Waals surface area contributed by atoms with Gasteiger partial charge >= 0.3 is 0 Å². The van der Waals surface area contributed by atoms with E-state index in [-0.39, 0.29) is 5.75 Å². The predicted molar refractivity (Wildman–Crippen MR) is 90.1 cm³/mol. The molecule has 0 saturated carbocycles. The molecule has 0 spiro atoms. The van der Waals surface area contributed by atoms with Gasteiger partial charge in [-0.1, -0.05) is 6.07 Å². The van der Waals surface area contributed by atoms with Gasteiger partial charge in [0.05, 0.1) is 5.69 Å². The lowest BCUT2D eigenvalue weighted by atomic mass is 9.95. The molecule has 122 valence electrons. The molecule has 2 aromatic heterocycles. The van der Waals surface area contributed by atoms with Crippen molar-refractivity contribution in [3.8, 4) is 5.75 Å². The zero-order chi connectivity index (χ0) is 16.2. The molecule has 3 heterocycles. The van der Waals surface area contributed by atoms with Crippen LogP contribution in [0, 0.1) is 12.8 Å². The highest BCUT2D eigenvalue weighted by molar-refractivity contribution is 5.27. The molecule has 0 radical (unpaired) electrons. The Morgan fingerprint density at radius 1 is 1.35 bits per heavy atom. The molecule has 0 amide bonds. The van der Waals surface area contributed by atoms with E-state index in [2.05, 4.69) is 33.3 Å². The van der Waals surface area contributed by atoms with E-state index in [0.717, 1.165) is 25.2 Å². The third-order valence-electron chi connectivity index (χ3n) is 4.59. The monoisotopic (exact) mass is 312 g/mol. The number of aryl methyl sites for hydroxylation is 1. The Kier molecular flexibility index (Phi) is 4.88.